The molecule has 1 aromatic carbocycles. The van der Waals surface area contributed by atoms with E-state index in [0.717, 1.165) is 4.90 Å². The summed E-state index contributed by atoms with van der Waals surface area (Å²) in [6, 6.07) is 6.51. The number of alkyl halides is 3. The average Bonchev–Trinajstić information content (AvgIpc) is 2.70. The molecule has 1 aromatic heterocycles. The molecular weight excluding hydrogens is 420 g/mol. The molecule has 31 heavy (non-hydrogen) atoms. The zero-order valence-corrected chi connectivity index (χ0v) is 16.3. The molecule has 4 rings (SSSR count). The van der Waals surface area contributed by atoms with E-state index in [1.165, 1.54) is 12.1 Å². The highest BCUT2D eigenvalue weighted by Gasteiger charge is 2.62. The maximum atomic E-state index is 14.5. The molecule has 2 unspecified atom stereocenters. The van der Waals surface area contributed by atoms with E-state index in [2.05, 4.69) is 20.4 Å². The number of halogens is 4. The van der Waals surface area contributed by atoms with E-state index < -0.39 is 35.8 Å². The van der Waals surface area contributed by atoms with Crippen molar-refractivity contribution in [1.82, 2.24) is 15.2 Å². The van der Waals surface area contributed by atoms with Crippen LogP contribution in [0.1, 0.15) is 12.0 Å². The minimum atomic E-state index is -5.19. The lowest BCUT2D eigenvalue weighted by molar-refractivity contribution is -0.259. The molecule has 2 aromatic rings. The van der Waals surface area contributed by atoms with Crippen molar-refractivity contribution in [2.45, 2.75) is 31.3 Å². The Bertz CT molecular complexity index is 1030. The summed E-state index contributed by atoms with van der Waals surface area (Å²) in [5.41, 5.74) is -0.191. The fourth-order valence-electron chi connectivity index (χ4n) is 3.98. The number of hydrogen-bond donors (Lipinski definition) is 2. The number of piperazine rings is 1. The van der Waals surface area contributed by atoms with Crippen LogP contribution in [-0.4, -0.2) is 52.9 Å². The third-order valence-electron chi connectivity index (χ3n) is 5.37. The first kappa shape index (κ1) is 21.0. The van der Waals surface area contributed by atoms with Gasteiger partial charge in [-0.2, -0.15) is 13.2 Å². The van der Waals surface area contributed by atoms with Crippen molar-refractivity contribution in [3.05, 3.63) is 47.9 Å². The number of carbonyl (C=O) groups is 2. The lowest BCUT2D eigenvalue weighted by Gasteiger charge is -2.59. The number of aryl methyl sites for hydroxylation is 1. The number of urea groups is 1. The number of rotatable bonds is 3. The molecule has 164 valence electrons. The van der Waals surface area contributed by atoms with Crippen molar-refractivity contribution in [1.29, 1.82) is 0 Å². The van der Waals surface area contributed by atoms with Crippen LogP contribution in [0.25, 0.3) is 11.3 Å². The number of hydrogen-bond acceptors (Lipinski definition) is 5. The largest absolute Gasteiger partial charge is 0.491 e. The Morgan fingerprint density at radius 1 is 1.32 bits per heavy atom. The molecule has 2 aliphatic rings. The highest BCUT2D eigenvalue weighted by atomic mass is 19.4. The van der Waals surface area contributed by atoms with Gasteiger partial charge >= 0.3 is 18.2 Å². The first-order chi connectivity index (χ1) is 14.6. The number of ether oxygens (including phenoxy) is 1. The number of pyridine rings is 1. The second-order valence-electron chi connectivity index (χ2n) is 7.48. The Labute approximate surface area is 174 Å². The van der Waals surface area contributed by atoms with E-state index in [9.17, 15) is 27.2 Å². The van der Waals surface area contributed by atoms with Gasteiger partial charge in [0, 0.05) is 24.7 Å². The number of esters is 1. The average molecular weight is 438 g/mol. The minimum absolute atomic E-state index is 0.0603. The van der Waals surface area contributed by atoms with Crippen LogP contribution in [0.2, 0.25) is 0 Å². The van der Waals surface area contributed by atoms with E-state index in [1.807, 2.05) is 0 Å². The van der Waals surface area contributed by atoms with Crippen LogP contribution < -0.4 is 10.6 Å². The molecule has 0 spiro atoms. The first-order valence-electron chi connectivity index (χ1n) is 9.43. The SMILES string of the molecule is Cc1cc(F)c(NC(=O)N2C3CNCC2(OC(=O)C(F)(F)F)C3)cc1-c1ccccn1. The van der Waals surface area contributed by atoms with Gasteiger partial charge in [-0.15, -0.1) is 0 Å². The number of nitrogens with zero attached hydrogens (tertiary/aromatic N) is 2. The predicted octanol–water partition coefficient (Wildman–Crippen LogP) is 3.21. The van der Waals surface area contributed by atoms with Crippen molar-refractivity contribution in [2.24, 2.45) is 0 Å². The standard InChI is InChI=1S/C20H18F4N4O3/c1-11-6-14(21)16(7-13(11)15-4-2-3-5-26-15)27-18(30)28-12-8-19(28,10-25-9-12)31-17(29)20(22,23)24/h2-7,12,25H,8-10H2,1H3,(H,27,30). The van der Waals surface area contributed by atoms with Gasteiger partial charge in [0.25, 0.3) is 0 Å². The third kappa shape index (κ3) is 3.80. The van der Waals surface area contributed by atoms with Gasteiger partial charge in [-0.25, -0.2) is 14.0 Å². The van der Waals surface area contributed by atoms with Gasteiger partial charge in [0.15, 0.2) is 0 Å². The maximum absolute atomic E-state index is 14.5. The van der Waals surface area contributed by atoms with Crippen LogP contribution in [0, 0.1) is 12.7 Å². The molecule has 2 fully saturated rings. The minimum Gasteiger partial charge on any atom is -0.431 e. The number of carbonyl (C=O) groups excluding carboxylic acids is 2. The number of aromatic nitrogens is 1. The molecular formula is C20H18F4N4O3. The van der Waals surface area contributed by atoms with Gasteiger partial charge < -0.3 is 15.4 Å². The molecule has 2 N–H and O–H groups in total. The summed E-state index contributed by atoms with van der Waals surface area (Å²) in [7, 11) is 0. The van der Waals surface area contributed by atoms with Crippen LogP contribution in [0.15, 0.2) is 36.5 Å². The number of amides is 2. The summed E-state index contributed by atoms with van der Waals surface area (Å²) in [6.07, 6.45) is -3.56. The lowest BCUT2D eigenvalue weighted by atomic mass is 9.85. The van der Waals surface area contributed by atoms with Crippen molar-refractivity contribution in [2.75, 3.05) is 18.4 Å². The number of benzene rings is 1. The lowest BCUT2D eigenvalue weighted by Crippen LogP contribution is -2.79. The van der Waals surface area contributed by atoms with Gasteiger partial charge in [0.2, 0.25) is 5.72 Å². The summed E-state index contributed by atoms with van der Waals surface area (Å²) < 4.78 is 57.3. The molecule has 0 saturated carbocycles. The predicted molar refractivity (Wildman–Crippen MR) is 101 cm³/mol. The van der Waals surface area contributed by atoms with Gasteiger partial charge in [0.1, 0.15) is 5.82 Å². The molecule has 2 aliphatic heterocycles. The van der Waals surface area contributed by atoms with E-state index in [-0.39, 0.29) is 18.7 Å². The van der Waals surface area contributed by atoms with Gasteiger partial charge in [-0.05, 0) is 36.8 Å². The second-order valence-corrected chi connectivity index (χ2v) is 7.48. The molecule has 0 aliphatic carbocycles. The molecule has 0 radical (unpaired) electrons. The van der Waals surface area contributed by atoms with Crippen molar-refractivity contribution in [3.8, 4) is 11.3 Å². The molecule has 2 atom stereocenters. The fourth-order valence-corrected chi connectivity index (χ4v) is 3.98. The Balaban J connectivity index is 1.58. The van der Waals surface area contributed by atoms with Crippen LogP contribution in [-0.2, 0) is 9.53 Å². The molecule has 7 nitrogen and oxygen atoms in total. The normalized spacial score (nSPS) is 22.5. The number of nitrogens with one attached hydrogen (secondary N) is 2. The van der Waals surface area contributed by atoms with Gasteiger partial charge in [0.05, 0.1) is 24.0 Å². The van der Waals surface area contributed by atoms with E-state index >= 15 is 0 Å². The van der Waals surface area contributed by atoms with Crippen molar-refractivity contribution in [3.63, 3.8) is 0 Å². The quantitative estimate of drug-likeness (QED) is 0.568. The number of anilines is 1. The molecule has 11 heteroatoms. The summed E-state index contributed by atoms with van der Waals surface area (Å²) in [4.78, 5) is 29.5. The van der Waals surface area contributed by atoms with Crippen LogP contribution in [0.4, 0.5) is 28.0 Å². The van der Waals surface area contributed by atoms with Crippen LogP contribution in [0.3, 0.4) is 0 Å². The monoisotopic (exact) mass is 438 g/mol. The van der Waals surface area contributed by atoms with Crippen molar-refractivity contribution >= 4 is 17.7 Å². The summed E-state index contributed by atoms with van der Waals surface area (Å²) >= 11 is 0. The van der Waals surface area contributed by atoms with E-state index in [0.29, 0.717) is 23.4 Å². The third-order valence-corrected chi connectivity index (χ3v) is 5.37. The Morgan fingerprint density at radius 2 is 2.10 bits per heavy atom. The smallest absolute Gasteiger partial charge is 0.431 e. The Morgan fingerprint density at radius 3 is 2.74 bits per heavy atom. The molecule has 3 heterocycles. The molecule has 2 saturated heterocycles. The zero-order valence-electron chi connectivity index (χ0n) is 16.3. The topological polar surface area (TPSA) is 83.6 Å². The fraction of sp³-hybridized carbons (Fsp3) is 0.350. The first-order valence-corrected chi connectivity index (χ1v) is 9.43. The summed E-state index contributed by atoms with van der Waals surface area (Å²) in [5, 5.41) is 5.23. The highest BCUT2D eigenvalue weighted by Crippen LogP contribution is 2.42. The number of piperidine rings is 1. The second kappa shape index (κ2) is 7.49. The highest BCUT2D eigenvalue weighted by molar-refractivity contribution is 5.92. The molecule has 2 amide bonds. The van der Waals surface area contributed by atoms with E-state index in [4.69, 9.17) is 0 Å². The Kier molecular flexibility index (Phi) is 5.08. The summed E-state index contributed by atoms with van der Waals surface area (Å²) in [6.45, 7) is 1.85. The van der Waals surface area contributed by atoms with Gasteiger partial charge in [-0.1, -0.05) is 6.07 Å². The van der Waals surface area contributed by atoms with Gasteiger partial charge in [-0.3, -0.25) is 9.88 Å². The Hall–Kier alpha value is -3.21. The van der Waals surface area contributed by atoms with E-state index in [1.54, 1.807) is 31.3 Å². The van der Waals surface area contributed by atoms with Crippen LogP contribution in [0.5, 0.6) is 0 Å². The molecule has 2 bridgehead atoms. The van der Waals surface area contributed by atoms with Crippen LogP contribution >= 0.6 is 0 Å². The van der Waals surface area contributed by atoms with Crippen molar-refractivity contribution < 1.29 is 31.9 Å². The summed E-state index contributed by atoms with van der Waals surface area (Å²) in [5.74, 6) is -3.10. The number of fused-ring (bicyclic) bond motifs is 2. The maximum Gasteiger partial charge on any atom is 0.491 e. The zero-order chi connectivity index (χ0) is 22.4.